The number of hydrogen-bond donors (Lipinski definition) is 2. The van der Waals surface area contributed by atoms with E-state index in [9.17, 15) is 13.2 Å². The third kappa shape index (κ3) is 6.42. The molecule has 2 N–H and O–H groups in total. The molecule has 0 aromatic heterocycles. The second kappa shape index (κ2) is 9.73. The predicted molar refractivity (Wildman–Crippen MR) is 91.1 cm³/mol. The lowest BCUT2D eigenvalue weighted by Gasteiger charge is -2.22. The smallest absolute Gasteiger partial charge is 0.221 e. The van der Waals surface area contributed by atoms with Crippen molar-refractivity contribution in [1.29, 1.82) is 0 Å². The first-order chi connectivity index (χ1) is 10.1. The number of nitrogens with one attached hydrogen (secondary N) is 2. The molecular weight excluding hydrogens is 324 g/mol. The minimum Gasteiger partial charge on any atom is -0.356 e. The molecule has 0 radical (unpaired) electrons. The topological polar surface area (TPSA) is 75.3 Å². The monoisotopic (exact) mass is 352 g/mol. The van der Waals surface area contributed by atoms with Crippen molar-refractivity contribution in [3.63, 3.8) is 0 Å². The first-order valence-electron chi connectivity index (χ1n) is 8.27. The number of hydrogen-bond acceptors (Lipinski definition) is 4. The van der Waals surface area contributed by atoms with Crippen LogP contribution in [0.1, 0.15) is 51.4 Å². The SMILES string of the molecule is Cl.O=C(CCS(=O)(=O)C1CCCC1)NCCC1CCCNC1. The fourth-order valence-corrected chi connectivity index (χ4v) is 5.18. The molecule has 7 heteroatoms. The Labute approximate surface area is 140 Å². The van der Waals surface area contributed by atoms with E-state index in [0.717, 1.165) is 45.2 Å². The van der Waals surface area contributed by atoms with Gasteiger partial charge >= 0.3 is 0 Å². The van der Waals surface area contributed by atoms with Crippen molar-refractivity contribution in [2.45, 2.75) is 56.6 Å². The molecule has 1 atom stereocenters. The van der Waals surface area contributed by atoms with Gasteiger partial charge in [-0.25, -0.2) is 8.42 Å². The molecular formula is C15H29ClN2O3S. The van der Waals surface area contributed by atoms with Gasteiger partial charge < -0.3 is 10.6 Å². The molecule has 2 fully saturated rings. The van der Waals surface area contributed by atoms with Crippen molar-refractivity contribution in [3.8, 4) is 0 Å². The Hall–Kier alpha value is -0.330. The van der Waals surface area contributed by atoms with E-state index in [0.29, 0.717) is 12.5 Å². The predicted octanol–water partition coefficient (Wildman–Crippen LogP) is 1.66. The Bertz CT molecular complexity index is 430. The van der Waals surface area contributed by atoms with Crippen LogP contribution in [-0.4, -0.2) is 45.0 Å². The average Bonchev–Trinajstić information content (AvgIpc) is 3.01. The molecule has 1 saturated heterocycles. The van der Waals surface area contributed by atoms with E-state index in [2.05, 4.69) is 10.6 Å². The van der Waals surface area contributed by atoms with Crippen molar-refractivity contribution in [2.75, 3.05) is 25.4 Å². The van der Waals surface area contributed by atoms with Gasteiger partial charge in [0.1, 0.15) is 0 Å². The number of amides is 1. The van der Waals surface area contributed by atoms with Crippen LogP contribution >= 0.6 is 12.4 Å². The Morgan fingerprint density at radius 3 is 2.50 bits per heavy atom. The standard InChI is InChI=1S/C15H28N2O3S.ClH/c18-15(17-10-7-13-4-3-9-16-12-13)8-11-21(19,20)14-5-1-2-6-14;/h13-14,16H,1-12H2,(H,17,18);1H. The highest BCUT2D eigenvalue weighted by Gasteiger charge is 2.28. The van der Waals surface area contributed by atoms with Gasteiger partial charge in [-0.15, -0.1) is 12.4 Å². The Balaban J connectivity index is 0.00000242. The van der Waals surface area contributed by atoms with Crippen LogP contribution < -0.4 is 10.6 Å². The van der Waals surface area contributed by atoms with Crippen LogP contribution in [0, 0.1) is 5.92 Å². The van der Waals surface area contributed by atoms with Crippen molar-refractivity contribution in [1.82, 2.24) is 10.6 Å². The molecule has 0 bridgehead atoms. The van der Waals surface area contributed by atoms with Gasteiger partial charge in [-0.05, 0) is 51.1 Å². The van der Waals surface area contributed by atoms with Crippen LogP contribution in [0.2, 0.25) is 0 Å². The van der Waals surface area contributed by atoms with Crippen molar-refractivity contribution >= 4 is 28.2 Å². The van der Waals surface area contributed by atoms with Gasteiger partial charge in [0.2, 0.25) is 5.91 Å². The molecule has 5 nitrogen and oxygen atoms in total. The summed E-state index contributed by atoms with van der Waals surface area (Å²) in [7, 11) is -3.07. The highest BCUT2D eigenvalue weighted by atomic mass is 35.5. The Morgan fingerprint density at radius 1 is 1.14 bits per heavy atom. The zero-order valence-electron chi connectivity index (χ0n) is 13.2. The van der Waals surface area contributed by atoms with Gasteiger partial charge in [0, 0.05) is 13.0 Å². The lowest BCUT2D eigenvalue weighted by atomic mass is 9.96. The third-order valence-electron chi connectivity index (χ3n) is 4.70. The fourth-order valence-electron chi connectivity index (χ4n) is 3.32. The normalized spacial score (nSPS) is 23.0. The molecule has 1 unspecified atom stereocenters. The van der Waals surface area contributed by atoms with E-state index in [-0.39, 0.29) is 35.7 Å². The summed E-state index contributed by atoms with van der Waals surface area (Å²) in [6.07, 6.45) is 7.08. The largest absolute Gasteiger partial charge is 0.356 e. The van der Waals surface area contributed by atoms with Crippen LogP contribution in [0.15, 0.2) is 0 Å². The van der Waals surface area contributed by atoms with Crippen LogP contribution in [0.4, 0.5) is 0 Å². The number of sulfone groups is 1. The number of rotatable bonds is 7. The number of carbonyl (C=O) groups is 1. The maximum absolute atomic E-state index is 12.1. The summed E-state index contributed by atoms with van der Waals surface area (Å²) < 4.78 is 24.1. The highest BCUT2D eigenvalue weighted by Crippen LogP contribution is 2.25. The molecule has 1 aliphatic carbocycles. The highest BCUT2D eigenvalue weighted by molar-refractivity contribution is 7.92. The van der Waals surface area contributed by atoms with E-state index in [1.807, 2.05) is 0 Å². The molecule has 1 saturated carbocycles. The summed E-state index contributed by atoms with van der Waals surface area (Å²) in [5.74, 6) is 0.524. The summed E-state index contributed by atoms with van der Waals surface area (Å²) in [5, 5.41) is 6.02. The quantitative estimate of drug-likeness (QED) is 0.730. The first kappa shape index (κ1) is 19.7. The molecule has 1 heterocycles. The van der Waals surface area contributed by atoms with Crippen LogP contribution in [0.5, 0.6) is 0 Å². The molecule has 130 valence electrons. The third-order valence-corrected chi connectivity index (χ3v) is 6.96. The van der Waals surface area contributed by atoms with E-state index < -0.39 is 9.84 Å². The Kier molecular flexibility index (Phi) is 8.72. The summed E-state index contributed by atoms with van der Waals surface area (Å²) in [5.41, 5.74) is 0. The molecule has 0 aromatic carbocycles. The number of halogens is 1. The van der Waals surface area contributed by atoms with Crippen molar-refractivity contribution in [3.05, 3.63) is 0 Å². The number of piperidine rings is 1. The zero-order valence-corrected chi connectivity index (χ0v) is 14.8. The first-order valence-corrected chi connectivity index (χ1v) is 9.98. The minimum atomic E-state index is -3.07. The summed E-state index contributed by atoms with van der Waals surface area (Å²) >= 11 is 0. The maximum atomic E-state index is 12.1. The molecule has 1 amide bonds. The van der Waals surface area contributed by atoms with Crippen LogP contribution in [0.25, 0.3) is 0 Å². The van der Waals surface area contributed by atoms with Crippen molar-refractivity contribution < 1.29 is 13.2 Å². The van der Waals surface area contributed by atoms with Gasteiger partial charge in [0.15, 0.2) is 9.84 Å². The van der Waals surface area contributed by atoms with E-state index in [4.69, 9.17) is 0 Å². The second-order valence-electron chi connectivity index (χ2n) is 6.37. The van der Waals surface area contributed by atoms with Crippen molar-refractivity contribution in [2.24, 2.45) is 5.92 Å². The lowest BCUT2D eigenvalue weighted by molar-refractivity contribution is -0.120. The van der Waals surface area contributed by atoms with Gasteiger partial charge in [-0.1, -0.05) is 12.8 Å². The summed E-state index contributed by atoms with van der Waals surface area (Å²) in [6.45, 7) is 2.79. The van der Waals surface area contributed by atoms with E-state index in [1.165, 1.54) is 12.8 Å². The summed E-state index contributed by atoms with van der Waals surface area (Å²) in [4.78, 5) is 11.8. The van der Waals surface area contributed by atoms with Gasteiger partial charge in [-0.3, -0.25) is 4.79 Å². The van der Waals surface area contributed by atoms with Gasteiger partial charge in [0.25, 0.3) is 0 Å². The van der Waals surface area contributed by atoms with E-state index in [1.54, 1.807) is 0 Å². The van der Waals surface area contributed by atoms with Crippen LogP contribution in [-0.2, 0) is 14.6 Å². The maximum Gasteiger partial charge on any atom is 0.221 e. The second-order valence-corrected chi connectivity index (χ2v) is 8.78. The molecule has 0 aromatic rings. The zero-order chi connectivity index (χ0) is 15.1. The molecule has 0 spiro atoms. The minimum absolute atomic E-state index is 0. The lowest BCUT2D eigenvalue weighted by Crippen LogP contribution is -2.34. The fraction of sp³-hybridized carbons (Fsp3) is 0.933. The molecule has 2 rings (SSSR count). The Morgan fingerprint density at radius 2 is 1.86 bits per heavy atom. The molecule has 22 heavy (non-hydrogen) atoms. The van der Waals surface area contributed by atoms with Gasteiger partial charge in [-0.2, -0.15) is 0 Å². The van der Waals surface area contributed by atoms with Gasteiger partial charge in [0.05, 0.1) is 11.0 Å². The molecule has 1 aliphatic heterocycles. The van der Waals surface area contributed by atoms with Crippen LogP contribution in [0.3, 0.4) is 0 Å². The number of carbonyl (C=O) groups excluding carboxylic acids is 1. The van der Waals surface area contributed by atoms with E-state index >= 15 is 0 Å². The average molecular weight is 353 g/mol. The summed E-state index contributed by atoms with van der Waals surface area (Å²) in [6, 6.07) is 0. The molecule has 2 aliphatic rings.